The van der Waals surface area contributed by atoms with E-state index in [0.717, 1.165) is 65.4 Å². The molecule has 53 heavy (non-hydrogen) atoms. The molecule has 0 aliphatic rings. The van der Waals surface area contributed by atoms with Gasteiger partial charge in [-0.3, -0.25) is 0 Å². The molecule has 278 valence electrons. The molecule has 0 atom stereocenters. The molecule has 0 N–H and O–H groups in total. The maximum absolute atomic E-state index is 6.02. The van der Waals surface area contributed by atoms with Crippen molar-refractivity contribution in [1.29, 1.82) is 0 Å². The van der Waals surface area contributed by atoms with E-state index in [0.29, 0.717) is 11.8 Å². The average Bonchev–Trinajstić information content (AvgIpc) is 3.70. The Hall–Kier alpha value is -4.82. The number of aromatic nitrogens is 2. The second-order valence-electron chi connectivity index (χ2n) is 14.0. The highest BCUT2D eigenvalue weighted by molar-refractivity contribution is 5.65. The topological polar surface area (TPSA) is 57.4 Å². The van der Waals surface area contributed by atoms with Crippen LogP contribution in [0.25, 0.3) is 34.0 Å². The van der Waals surface area contributed by atoms with Crippen molar-refractivity contribution < 1.29 is 13.9 Å². The smallest absolute Gasteiger partial charge is 0.248 e. The van der Waals surface area contributed by atoms with E-state index in [-0.39, 0.29) is 0 Å². The molecule has 0 amide bonds. The lowest BCUT2D eigenvalue weighted by Gasteiger charge is -2.08. The van der Waals surface area contributed by atoms with Crippen LogP contribution in [-0.2, 0) is 0 Å². The minimum absolute atomic E-state index is 0.480. The van der Waals surface area contributed by atoms with E-state index in [1.54, 1.807) is 0 Å². The highest BCUT2D eigenvalue weighted by Gasteiger charge is 2.11. The van der Waals surface area contributed by atoms with Crippen molar-refractivity contribution in [2.75, 3.05) is 13.2 Å². The molecule has 0 saturated heterocycles. The molecule has 1 heterocycles. The molecule has 0 fully saturated rings. The van der Waals surface area contributed by atoms with Crippen LogP contribution in [0.4, 0.5) is 0 Å². The highest BCUT2D eigenvalue weighted by Crippen LogP contribution is 2.27. The molecule has 1 aromatic heterocycles. The minimum Gasteiger partial charge on any atom is -0.494 e. The number of unbranched alkanes of at least 4 members (excludes halogenated alkanes) is 14. The van der Waals surface area contributed by atoms with E-state index >= 15 is 0 Å². The van der Waals surface area contributed by atoms with Crippen molar-refractivity contribution in [3.8, 4) is 57.4 Å². The minimum atomic E-state index is 0.480. The van der Waals surface area contributed by atoms with E-state index in [1.807, 2.05) is 48.5 Å². The lowest BCUT2D eigenvalue weighted by Crippen LogP contribution is -1.97. The molecule has 0 radical (unpaired) electrons. The van der Waals surface area contributed by atoms with Crippen LogP contribution in [0.15, 0.2) is 101 Å². The van der Waals surface area contributed by atoms with Gasteiger partial charge in [-0.2, -0.15) is 0 Å². The Morgan fingerprint density at radius 2 is 0.717 bits per heavy atom. The van der Waals surface area contributed by atoms with Crippen LogP contribution in [-0.4, -0.2) is 23.4 Å². The monoisotopic (exact) mass is 710 g/mol. The Morgan fingerprint density at radius 1 is 0.396 bits per heavy atom. The van der Waals surface area contributed by atoms with Gasteiger partial charge in [0.2, 0.25) is 11.8 Å². The molecule has 0 saturated carbocycles. The largest absolute Gasteiger partial charge is 0.494 e. The third-order valence-corrected chi connectivity index (χ3v) is 9.62. The molecule has 0 spiro atoms. The maximum Gasteiger partial charge on any atom is 0.248 e. The molecule has 0 aliphatic heterocycles. The van der Waals surface area contributed by atoms with Crippen molar-refractivity contribution in [3.63, 3.8) is 0 Å². The maximum atomic E-state index is 6.02. The Kier molecular flexibility index (Phi) is 17.1. The standard InChI is InChI=1S/C48H58N2O3/c1-3-5-7-9-11-13-15-17-37-51-45-33-29-42(30-34-45)41-25-21-39(22-26-41)19-20-40-23-27-43(28-24-40)47-49-50-48(53-47)44-31-35-46(36-32-44)52-38-18-16-14-12-10-8-6-4-2/h21-36H,3-18,37-38H2,1-2H3. The van der Waals surface area contributed by atoms with Crippen LogP contribution in [0.3, 0.4) is 0 Å². The molecule has 0 unspecified atom stereocenters. The van der Waals surface area contributed by atoms with Crippen molar-refractivity contribution >= 4 is 0 Å². The molecule has 0 aliphatic carbocycles. The van der Waals surface area contributed by atoms with E-state index in [9.17, 15) is 0 Å². The van der Waals surface area contributed by atoms with Crippen LogP contribution in [0.1, 0.15) is 128 Å². The fourth-order valence-electron chi connectivity index (χ4n) is 6.33. The van der Waals surface area contributed by atoms with Gasteiger partial charge in [-0.15, -0.1) is 10.2 Å². The molecular weight excluding hydrogens is 653 g/mol. The third kappa shape index (κ3) is 13.9. The quantitative estimate of drug-likeness (QED) is 0.0499. The summed E-state index contributed by atoms with van der Waals surface area (Å²) in [5.41, 5.74) is 5.93. The van der Waals surface area contributed by atoms with Gasteiger partial charge in [-0.1, -0.05) is 140 Å². The van der Waals surface area contributed by atoms with Crippen molar-refractivity contribution in [2.45, 2.75) is 117 Å². The Morgan fingerprint density at radius 3 is 1.11 bits per heavy atom. The second-order valence-corrected chi connectivity index (χ2v) is 14.0. The van der Waals surface area contributed by atoms with Gasteiger partial charge in [-0.25, -0.2) is 0 Å². The first-order valence-corrected chi connectivity index (χ1v) is 20.2. The third-order valence-electron chi connectivity index (χ3n) is 9.62. The molecule has 5 heteroatoms. The van der Waals surface area contributed by atoms with Gasteiger partial charge in [0.05, 0.1) is 13.2 Å². The summed E-state index contributed by atoms with van der Waals surface area (Å²) >= 11 is 0. The number of ether oxygens (including phenoxy) is 2. The van der Waals surface area contributed by atoms with Crippen LogP contribution in [0.2, 0.25) is 0 Å². The van der Waals surface area contributed by atoms with Gasteiger partial charge in [-0.05, 0) is 96.8 Å². The second kappa shape index (κ2) is 23.0. The summed E-state index contributed by atoms with van der Waals surface area (Å²) in [6, 6.07) is 32.5. The summed E-state index contributed by atoms with van der Waals surface area (Å²) in [6.07, 6.45) is 20.8. The molecule has 4 aromatic carbocycles. The molecule has 0 bridgehead atoms. The molecule has 5 rings (SSSR count). The fraction of sp³-hybridized carbons (Fsp3) is 0.417. The molecule has 5 aromatic rings. The van der Waals surface area contributed by atoms with E-state index < -0.39 is 0 Å². The predicted octanol–water partition coefficient (Wildman–Crippen LogP) is 13.5. The van der Waals surface area contributed by atoms with E-state index in [2.05, 4.69) is 84.4 Å². The number of hydrogen-bond donors (Lipinski definition) is 0. The SMILES string of the molecule is CCCCCCCCCCOc1ccc(-c2ccc(C#Cc3ccc(-c4nnc(-c5ccc(OCCCCCCCCCC)cc5)o4)cc3)cc2)cc1. The molecular formula is C48H58N2O3. The number of rotatable bonds is 23. The summed E-state index contributed by atoms with van der Waals surface area (Å²) < 4.78 is 17.9. The van der Waals surface area contributed by atoms with Crippen molar-refractivity contribution in [2.24, 2.45) is 0 Å². The predicted molar refractivity (Wildman–Crippen MR) is 219 cm³/mol. The normalized spacial score (nSPS) is 10.9. The Labute approximate surface area is 318 Å². The summed E-state index contributed by atoms with van der Waals surface area (Å²) in [5.74, 6) is 9.33. The first kappa shape index (κ1) is 39.4. The van der Waals surface area contributed by atoms with Crippen molar-refractivity contribution in [1.82, 2.24) is 10.2 Å². The van der Waals surface area contributed by atoms with Gasteiger partial charge < -0.3 is 13.9 Å². The zero-order chi connectivity index (χ0) is 36.8. The van der Waals surface area contributed by atoms with Crippen molar-refractivity contribution in [3.05, 3.63) is 108 Å². The summed E-state index contributed by atoms with van der Waals surface area (Å²) in [4.78, 5) is 0. The van der Waals surface area contributed by atoms with Gasteiger partial charge in [0.15, 0.2) is 0 Å². The lowest BCUT2D eigenvalue weighted by atomic mass is 10.0. The number of benzene rings is 4. The van der Waals surface area contributed by atoms with Crippen LogP contribution >= 0.6 is 0 Å². The Bertz CT molecular complexity index is 1780. The summed E-state index contributed by atoms with van der Waals surface area (Å²) in [5, 5.41) is 8.57. The van der Waals surface area contributed by atoms with E-state index in [1.165, 1.54) is 95.5 Å². The van der Waals surface area contributed by atoms with Crippen LogP contribution in [0.5, 0.6) is 11.5 Å². The molecule has 5 nitrogen and oxygen atoms in total. The van der Waals surface area contributed by atoms with E-state index in [4.69, 9.17) is 13.9 Å². The van der Waals surface area contributed by atoms with Gasteiger partial charge in [0, 0.05) is 22.3 Å². The van der Waals surface area contributed by atoms with Gasteiger partial charge >= 0.3 is 0 Å². The average molecular weight is 711 g/mol. The highest BCUT2D eigenvalue weighted by atomic mass is 16.5. The fourth-order valence-corrected chi connectivity index (χ4v) is 6.33. The number of nitrogens with zero attached hydrogens (tertiary/aromatic N) is 2. The number of hydrogen-bond acceptors (Lipinski definition) is 5. The van der Waals surface area contributed by atoms with Gasteiger partial charge in [0.25, 0.3) is 0 Å². The first-order valence-electron chi connectivity index (χ1n) is 20.2. The first-order chi connectivity index (χ1) is 26.2. The summed E-state index contributed by atoms with van der Waals surface area (Å²) in [7, 11) is 0. The summed E-state index contributed by atoms with van der Waals surface area (Å²) in [6.45, 7) is 6.06. The van der Waals surface area contributed by atoms with Gasteiger partial charge in [0.1, 0.15) is 11.5 Å². The Balaban J connectivity index is 1.03. The van der Waals surface area contributed by atoms with Crippen LogP contribution < -0.4 is 9.47 Å². The van der Waals surface area contributed by atoms with Crippen LogP contribution in [0, 0.1) is 11.8 Å². The zero-order valence-corrected chi connectivity index (χ0v) is 32.1. The lowest BCUT2D eigenvalue weighted by molar-refractivity contribution is 0.304. The zero-order valence-electron chi connectivity index (χ0n) is 32.1.